The van der Waals surface area contributed by atoms with Gasteiger partial charge in [-0.2, -0.15) is 0 Å². The van der Waals surface area contributed by atoms with Gasteiger partial charge in [-0.1, -0.05) is 57.2 Å². The lowest BCUT2D eigenvalue weighted by molar-refractivity contribution is -0.279. The molecule has 2 saturated heterocycles. The van der Waals surface area contributed by atoms with E-state index >= 15 is 0 Å². The molecule has 0 radical (unpaired) electrons. The summed E-state index contributed by atoms with van der Waals surface area (Å²) in [7, 11) is 1.81. The first-order valence-corrected chi connectivity index (χ1v) is 13.1. The summed E-state index contributed by atoms with van der Waals surface area (Å²) in [4.78, 5) is 0. The summed E-state index contributed by atoms with van der Waals surface area (Å²) in [5.74, 6) is 0. The van der Waals surface area contributed by atoms with Crippen LogP contribution in [0.1, 0.15) is 85.5 Å². The van der Waals surface area contributed by atoms with E-state index < -0.39 is 17.3 Å². The van der Waals surface area contributed by atoms with Crippen LogP contribution in [-0.2, 0) is 18.9 Å². The van der Waals surface area contributed by atoms with Gasteiger partial charge in [-0.15, -0.1) is 0 Å². The molecule has 7 unspecified atom stereocenters. The molecular formula is C28H46O5. The molecule has 3 aliphatic heterocycles. The number of hydrogen-bond donors (Lipinski definition) is 1. The quantitative estimate of drug-likeness (QED) is 0.372. The van der Waals surface area contributed by atoms with Gasteiger partial charge in [-0.3, -0.25) is 0 Å². The third-order valence-corrected chi connectivity index (χ3v) is 8.22. The molecule has 0 aromatic rings. The van der Waals surface area contributed by atoms with Crippen molar-refractivity contribution in [3.63, 3.8) is 0 Å². The van der Waals surface area contributed by atoms with Gasteiger partial charge in [0.15, 0.2) is 0 Å². The van der Waals surface area contributed by atoms with Crippen LogP contribution in [0.25, 0.3) is 0 Å². The van der Waals surface area contributed by atoms with Gasteiger partial charge in [-0.25, -0.2) is 0 Å². The van der Waals surface area contributed by atoms with Gasteiger partial charge in [0.25, 0.3) is 0 Å². The van der Waals surface area contributed by atoms with Gasteiger partial charge in [0.1, 0.15) is 11.7 Å². The molecule has 7 atom stereocenters. The first-order chi connectivity index (χ1) is 15.9. The van der Waals surface area contributed by atoms with Crippen molar-refractivity contribution in [2.45, 2.75) is 127 Å². The summed E-state index contributed by atoms with van der Waals surface area (Å²) < 4.78 is 26.2. The van der Waals surface area contributed by atoms with Crippen molar-refractivity contribution < 1.29 is 24.1 Å². The Morgan fingerprint density at radius 1 is 1.09 bits per heavy atom. The van der Waals surface area contributed by atoms with Gasteiger partial charge >= 0.3 is 0 Å². The SMILES string of the molecule is CC=CC=CC1OC(CC2OC3CCCCOC3(CC)CC2(CC)OC)CC=CC1(O)CC. The van der Waals surface area contributed by atoms with Gasteiger partial charge in [-0.05, 0) is 51.9 Å². The zero-order chi connectivity index (χ0) is 24.0. The summed E-state index contributed by atoms with van der Waals surface area (Å²) in [5.41, 5.74) is -1.69. The van der Waals surface area contributed by atoms with Crippen LogP contribution in [0, 0.1) is 0 Å². The van der Waals surface area contributed by atoms with Crippen molar-refractivity contribution in [2.75, 3.05) is 13.7 Å². The van der Waals surface area contributed by atoms with Crippen molar-refractivity contribution in [1.82, 2.24) is 0 Å². The molecule has 2 fully saturated rings. The fourth-order valence-corrected chi connectivity index (χ4v) is 5.89. The molecule has 0 bridgehead atoms. The van der Waals surface area contributed by atoms with E-state index in [0.29, 0.717) is 6.42 Å². The monoisotopic (exact) mass is 462 g/mol. The van der Waals surface area contributed by atoms with E-state index in [9.17, 15) is 5.11 Å². The zero-order valence-electron chi connectivity index (χ0n) is 21.4. The largest absolute Gasteiger partial charge is 0.383 e. The van der Waals surface area contributed by atoms with Crippen LogP contribution < -0.4 is 0 Å². The third-order valence-electron chi connectivity index (χ3n) is 8.22. The Morgan fingerprint density at radius 2 is 1.91 bits per heavy atom. The Morgan fingerprint density at radius 3 is 2.58 bits per heavy atom. The van der Waals surface area contributed by atoms with E-state index in [2.05, 4.69) is 19.9 Å². The highest BCUT2D eigenvalue weighted by Crippen LogP contribution is 2.48. The molecule has 0 saturated carbocycles. The second-order valence-corrected chi connectivity index (χ2v) is 9.98. The molecule has 0 spiro atoms. The van der Waals surface area contributed by atoms with Crippen LogP contribution in [0.5, 0.6) is 0 Å². The molecule has 33 heavy (non-hydrogen) atoms. The standard InChI is InChI=1S/C28H46O5/c1-6-10-11-16-23-26(29,7-2)18-14-15-22(32-23)20-25-27(8-3,30-5)21-28(9-4)24(33-25)17-12-13-19-31-28/h6,10-11,14,16,18,22-25,29H,7-9,12-13,15,17,19-21H2,1-5H3. The molecule has 5 heteroatoms. The second-order valence-electron chi connectivity index (χ2n) is 9.98. The molecular weight excluding hydrogens is 416 g/mol. The molecule has 188 valence electrons. The fraction of sp³-hybridized carbons (Fsp3) is 0.786. The summed E-state index contributed by atoms with van der Waals surface area (Å²) in [6, 6.07) is 0. The number of allylic oxidation sites excluding steroid dienone is 3. The highest BCUT2D eigenvalue weighted by atomic mass is 16.6. The lowest BCUT2D eigenvalue weighted by Gasteiger charge is -2.54. The number of ether oxygens (including phenoxy) is 4. The van der Waals surface area contributed by atoms with E-state index in [1.54, 1.807) is 0 Å². The zero-order valence-corrected chi connectivity index (χ0v) is 21.4. The Bertz CT molecular complexity index is 696. The Balaban J connectivity index is 1.84. The Hall–Kier alpha value is -0.980. The first kappa shape index (κ1) is 26.6. The normalized spacial score (nSPS) is 42.4. The van der Waals surface area contributed by atoms with Crippen molar-refractivity contribution in [1.29, 1.82) is 0 Å². The maximum atomic E-state index is 11.2. The maximum absolute atomic E-state index is 11.2. The highest BCUT2D eigenvalue weighted by molar-refractivity contribution is 5.17. The van der Waals surface area contributed by atoms with Crippen LogP contribution in [0.3, 0.4) is 0 Å². The van der Waals surface area contributed by atoms with E-state index in [1.165, 1.54) is 0 Å². The smallest absolute Gasteiger partial charge is 0.112 e. The van der Waals surface area contributed by atoms with Crippen LogP contribution in [0.15, 0.2) is 36.5 Å². The minimum atomic E-state index is -1.00. The number of rotatable bonds is 8. The first-order valence-electron chi connectivity index (χ1n) is 13.1. The number of aliphatic hydroxyl groups is 1. The highest BCUT2D eigenvalue weighted by Gasteiger charge is 2.56. The molecule has 0 aromatic carbocycles. The van der Waals surface area contributed by atoms with Gasteiger partial charge in [0, 0.05) is 26.6 Å². The molecule has 0 amide bonds. The Labute approximate surface area is 201 Å². The van der Waals surface area contributed by atoms with E-state index in [0.717, 1.165) is 58.0 Å². The van der Waals surface area contributed by atoms with E-state index in [-0.39, 0.29) is 23.9 Å². The minimum absolute atomic E-state index is 0.0611. The average Bonchev–Trinajstić information content (AvgIpc) is 3.13. The summed E-state index contributed by atoms with van der Waals surface area (Å²) in [5, 5.41) is 11.2. The maximum Gasteiger partial charge on any atom is 0.112 e. The summed E-state index contributed by atoms with van der Waals surface area (Å²) in [6.45, 7) is 9.18. The van der Waals surface area contributed by atoms with Crippen molar-refractivity contribution >= 4 is 0 Å². The number of methoxy groups -OCH3 is 1. The van der Waals surface area contributed by atoms with Crippen LogP contribution in [-0.4, -0.2) is 60.0 Å². The molecule has 1 N–H and O–H groups in total. The lowest BCUT2D eigenvalue weighted by Crippen LogP contribution is -2.63. The fourth-order valence-electron chi connectivity index (χ4n) is 5.89. The molecule has 5 nitrogen and oxygen atoms in total. The van der Waals surface area contributed by atoms with Gasteiger partial charge < -0.3 is 24.1 Å². The summed E-state index contributed by atoms with van der Waals surface area (Å²) >= 11 is 0. The minimum Gasteiger partial charge on any atom is -0.383 e. The van der Waals surface area contributed by atoms with Crippen molar-refractivity contribution in [2.24, 2.45) is 0 Å². The topological polar surface area (TPSA) is 57.2 Å². The second kappa shape index (κ2) is 11.6. The molecule has 3 heterocycles. The van der Waals surface area contributed by atoms with Crippen molar-refractivity contribution in [3.8, 4) is 0 Å². The molecule has 3 aliphatic rings. The predicted octanol–water partition coefficient (Wildman–Crippen LogP) is 5.67. The lowest BCUT2D eigenvalue weighted by atomic mass is 9.72. The molecule has 0 aromatic heterocycles. The number of fused-ring (bicyclic) bond motifs is 1. The van der Waals surface area contributed by atoms with Crippen LogP contribution in [0.4, 0.5) is 0 Å². The van der Waals surface area contributed by atoms with Crippen LogP contribution in [0.2, 0.25) is 0 Å². The van der Waals surface area contributed by atoms with Crippen LogP contribution >= 0.6 is 0 Å². The summed E-state index contributed by atoms with van der Waals surface area (Å²) in [6.07, 6.45) is 19.4. The molecule has 0 aliphatic carbocycles. The third kappa shape index (κ3) is 5.65. The van der Waals surface area contributed by atoms with Gasteiger partial charge in [0.2, 0.25) is 0 Å². The van der Waals surface area contributed by atoms with E-state index in [4.69, 9.17) is 18.9 Å². The van der Waals surface area contributed by atoms with E-state index in [1.807, 2.05) is 51.3 Å². The number of hydrogen-bond acceptors (Lipinski definition) is 5. The molecule has 3 rings (SSSR count). The van der Waals surface area contributed by atoms with Crippen molar-refractivity contribution in [3.05, 3.63) is 36.5 Å². The average molecular weight is 463 g/mol. The Kier molecular flexibility index (Phi) is 9.39. The van der Waals surface area contributed by atoms with Gasteiger partial charge in [0.05, 0.1) is 29.5 Å². The predicted molar refractivity (Wildman–Crippen MR) is 132 cm³/mol.